The lowest BCUT2D eigenvalue weighted by atomic mass is 10.1. The molecule has 0 spiro atoms. The number of hydrogen-bond donors (Lipinski definition) is 1. The highest BCUT2D eigenvalue weighted by molar-refractivity contribution is 5.66. The Morgan fingerprint density at radius 1 is 1.11 bits per heavy atom. The molecule has 1 aliphatic rings. The highest BCUT2D eigenvalue weighted by Crippen LogP contribution is 2.26. The number of β-amino-alcohol motifs (C(OH)–C–C–N with tert-alkyl or cyclic N) is 1. The first kappa shape index (κ1) is 19.6. The number of aliphatic hydroxyl groups is 1. The number of benzene rings is 1. The largest absolute Gasteiger partial charge is 0.460 e. The molecular weight excluding hydrogens is 340 g/mol. The maximum absolute atomic E-state index is 10.1. The van der Waals surface area contributed by atoms with Gasteiger partial charge in [-0.25, -0.2) is 0 Å². The Kier molecular flexibility index (Phi) is 6.64. The monoisotopic (exact) mass is 368 g/mol. The molecule has 0 bridgehead atoms. The van der Waals surface area contributed by atoms with Gasteiger partial charge in [0.25, 0.3) is 0 Å². The van der Waals surface area contributed by atoms with Crippen LogP contribution in [0.4, 0.5) is 0 Å². The fourth-order valence-corrected chi connectivity index (χ4v) is 3.53. The number of nitrogens with zero attached hydrogens (tertiary/aromatic N) is 4. The van der Waals surface area contributed by atoms with Crippen LogP contribution in [0.5, 0.6) is 0 Å². The number of hydrogen-bond acceptors (Lipinski definition) is 6. The zero-order valence-electron chi connectivity index (χ0n) is 16.1. The Labute approximate surface area is 161 Å². The number of rotatable bonds is 7. The van der Waals surface area contributed by atoms with Crippen molar-refractivity contribution in [3.05, 3.63) is 47.7 Å². The van der Waals surface area contributed by atoms with Crippen molar-refractivity contribution in [3.8, 4) is 17.4 Å². The second-order valence-electron chi connectivity index (χ2n) is 7.42. The average molecular weight is 368 g/mol. The Hall–Kier alpha value is -2.17. The normalized spacial score (nSPS) is 17.1. The van der Waals surface area contributed by atoms with Crippen LogP contribution in [0.15, 0.2) is 40.8 Å². The molecule has 1 atom stereocenters. The third-order valence-corrected chi connectivity index (χ3v) is 4.86. The predicted molar refractivity (Wildman–Crippen MR) is 105 cm³/mol. The molecule has 0 saturated carbocycles. The number of nitriles is 1. The maximum atomic E-state index is 10.1. The SMILES string of the molecule is CN(C)C[C@H](O)CN1CCN(Cc2ccc(-c3ccccc3C#N)o2)CC1. The summed E-state index contributed by atoms with van der Waals surface area (Å²) in [5, 5.41) is 19.3. The highest BCUT2D eigenvalue weighted by atomic mass is 16.3. The Balaban J connectivity index is 1.52. The van der Waals surface area contributed by atoms with Crippen molar-refractivity contribution in [1.82, 2.24) is 14.7 Å². The van der Waals surface area contributed by atoms with E-state index in [1.807, 2.05) is 55.4 Å². The molecule has 1 fully saturated rings. The van der Waals surface area contributed by atoms with Gasteiger partial charge in [0, 0.05) is 44.8 Å². The van der Waals surface area contributed by atoms with Gasteiger partial charge in [0.2, 0.25) is 0 Å². The molecule has 1 aromatic carbocycles. The van der Waals surface area contributed by atoms with Gasteiger partial charge in [-0.3, -0.25) is 9.80 Å². The van der Waals surface area contributed by atoms with Gasteiger partial charge in [-0.1, -0.05) is 12.1 Å². The van der Waals surface area contributed by atoms with E-state index in [2.05, 4.69) is 15.9 Å². The van der Waals surface area contributed by atoms with Crippen LogP contribution in [0.1, 0.15) is 11.3 Å². The number of likely N-dealkylation sites (N-methyl/N-ethyl adjacent to an activating group) is 1. The van der Waals surface area contributed by atoms with Crippen LogP contribution in [0.3, 0.4) is 0 Å². The van der Waals surface area contributed by atoms with Gasteiger partial charge in [-0.05, 0) is 38.4 Å². The fraction of sp³-hybridized carbons (Fsp3) is 0.476. The van der Waals surface area contributed by atoms with Gasteiger partial charge >= 0.3 is 0 Å². The molecule has 1 N–H and O–H groups in total. The summed E-state index contributed by atoms with van der Waals surface area (Å²) < 4.78 is 6.00. The van der Waals surface area contributed by atoms with E-state index in [1.54, 1.807) is 0 Å². The molecule has 6 heteroatoms. The molecule has 144 valence electrons. The zero-order chi connectivity index (χ0) is 19.2. The van der Waals surface area contributed by atoms with E-state index in [0.29, 0.717) is 12.1 Å². The summed E-state index contributed by atoms with van der Waals surface area (Å²) >= 11 is 0. The van der Waals surface area contributed by atoms with Crippen molar-refractivity contribution >= 4 is 0 Å². The second-order valence-corrected chi connectivity index (χ2v) is 7.42. The molecule has 0 amide bonds. The van der Waals surface area contributed by atoms with E-state index < -0.39 is 0 Å². The van der Waals surface area contributed by atoms with Crippen molar-refractivity contribution in [2.75, 3.05) is 53.4 Å². The van der Waals surface area contributed by atoms with Crippen molar-refractivity contribution in [1.29, 1.82) is 5.26 Å². The van der Waals surface area contributed by atoms with Crippen LogP contribution >= 0.6 is 0 Å². The van der Waals surface area contributed by atoms with E-state index in [1.165, 1.54) is 0 Å². The highest BCUT2D eigenvalue weighted by Gasteiger charge is 2.20. The fourth-order valence-electron chi connectivity index (χ4n) is 3.53. The van der Waals surface area contributed by atoms with Crippen LogP contribution in [0.2, 0.25) is 0 Å². The van der Waals surface area contributed by atoms with Gasteiger partial charge in [0.15, 0.2) is 0 Å². The van der Waals surface area contributed by atoms with Crippen molar-refractivity contribution in [3.63, 3.8) is 0 Å². The lowest BCUT2D eigenvalue weighted by Gasteiger charge is -2.35. The molecule has 1 saturated heterocycles. The number of piperazine rings is 1. The van der Waals surface area contributed by atoms with E-state index in [4.69, 9.17) is 4.42 Å². The van der Waals surface area contributed by atoms with Crippen LogP contribution in [-0.2, 0) is 6.54 Å². The minimum Gasteiger partial charge on any atom is -0.460 e. The maximum Gasteiger partial charge on any atom is 0.135 e. The van der Waals surface area contributed by atoms with Crippen LogP contribution in [0.25, 0.3) is 11.3 Å². The molecule has 1 aliphatic heterocycles. The van der Waals surface area contributed by atoms with Gasteiger partial charge in [-0.2, -0.15) is 5.26 Å². The molecule has 0 unspecified atom stereocenters. The van der Waals surface area contributed by atoms with Crippen LogP contribution in [-0.4, -0.2) is 79.3 Å². The summed E-state index contributed by atoms with van der Waals surface area (Å²) in [4.78, 5) is 6.70. The summed E-state index contributed by atoms with van der Waals surface area (Å²) in [5.74, 6) is 1.66. The standard InChI is InChI=1S/C21H28N4O2/c1-23(2)14-18(26)15-24-9-11-25(12-10-24)16-19-7-8-21(27-19)20-6-4-3-5-17(20)13-22/h3-8,18,26H,9-12,14-16H2,1-2H3/t18-/m0/s1. The Morgan fingerprint density at radius 2 is 1.81 bits per heavy atom. The van der Waals surface area contributed by atoms with Crippen molar-refractivity contribution in [2.45, 2.75) is 12.6 Å². The molecule has 27 heavy (non-hydrogen) atoms. The molecule has 1 aromatic heterocycles. The van der Waals surface area contributed by atoms with E-state index in [0.717, 1.165) is 56.4 Å². The number of aliphatic hydroxyl groups excluding tert-OH is 1. The first-order chi connectivity index (χ1) is 13.0. The topological polar surface area (TPSA) is 66.9 Å². The minimum atomic E-state index is -0.306. The lowest BCUT2D eigenvalue weighted by molar-refractivity contribution is 0.0559. The first-order valence-corrected chi connectivity index (χ1v) is 9.41. The minimum absolute atomic E-state index is 0.306. The summed E-state index contributed by atoms with van der Waals surface area (Å²) in [7, 11) is 3.96. The summed E-state index contributed by atoms with van der Waals surface area (Å²) in [6, 6.07) is 13.7. The lowest BCUT2D eigenvalue weighted by Crippen LogP contribution is -2.49. The van der Waals surface area contributed by atoms with Crippen molar-refractivity contribution < 1.29 is 9.52 Å². The van der Waals surface area contributed by atoms with Gasteiger partial charge < -0.3 is 14.4 Å². The number of furan rings is 1. The molecule has 2 heterocycles. The van der Waals surface area contributed by atoms with Crippen LogP contribution in [0, 0.1) is 11.3 Å². The summed E-state index contributed by atoms with van der Waals surface area (Å²) in [6.45, 7) is 6.01. The predicted octanol–water partition coefficient (Wildman–Crippen LogP) is 1.86. The summed E-state index contributed by atoms with van der Waals surface area (Å²) in [5.41, 5.74) is 1.47. The third kappa shape index (κ3) is 5.41. The van der Waals surface area contributed by atoms with Crippen LogP contribution < -0.4 is 0 Å². The second kappa shape index (κ2) is 9.16. The molecule has 0 radical (unpaired) electrons. The molecule has 2 aromatic rings. The molecule has 6 nitrogen and oxygen atoms in total. The Bertz CT molecular complexity index is 772. The van der Waals surface area contributed by atoms with E-state index in [9.17, 15) is 10.4 Å². The van der Waals surface area contributed by atoms with E-state index >= 15 is 0 Å². The first-order valence-electron chi connectivity index (χ1n) is 9.41. The Morgan fingerprint density at radius 3 is 2.52 bits per heavy atom. The summed E-state index contributed by atoms with van der Waals surface area (Å²) in [6.07, 6.45) is -0.306. The van der Waals surface area contributed by atoms with Gasteiger partial charge in [0.1, 0.15) is 11.5 Å². The average Bonchev–Trinajstić information content (AvgIpc) is 3.11. The quantitative estimate of drug-likeness (QED) is 0.805. The zero-order valence-corrected chi connectivity index (χ0v) is 16.1. The van der Waals surface area contributed by atoms with Gasteiger partial charge in [-0.15, -0.1) is 0 Å². The molecule has 0 aliphatic carbocycles. The third-order valence-electron chi connectivity index (χ3n) is 4.86. The van der Waals surface area contributed by atoms with Gasteiger partial charge in [0.05, 0.1) is 24.3 Å². The van der Waals surface area contributed by atoms with Crippen molar-refractivity contribution in [2.24, 2.45) is 0 Å². The smallest absolute Gasteiger partial charge is 0.135 e. The molecule has 3 rings (SSSR count). The van der Waals surface area contributed by atoms with E-state index in [-0.39, 0.29) is 6.10 Å². The molecular formula is C21H28N4O2.